The van der Waals surface area contributed by atoms with Gasteiger partial charge in [0, 0.05) is 5.57 Å². The molecule has 1 aliphatic rings. The van der Waals surface area contributed by atoms with Gasteiger partial charge in [-0.25, -0.2) is 0 Å². The molecule has 0 unspecified atom stereocenters. The zero-order valence-corrected chi connectivity index (χ0v) is 11.9. The van der Waals surface area contributed by atoms with Crippen molar-refractivity contribution in [2.75, 3.05) is 27.1 Å². The van der Waals surface area contributed by atoms with E-state index >= 15 is 0 Å². The van der Waals surface area contributed by atoms with Gasteiger partial charge >= 0.3 is 5.97 Å². The molecule has 0 aromatic rings. The van der Waals surface area contributed by atoms with Crippen LogP contribution in [-0.2, 0) is 28.6 Å². The van der Waals surface area contributed by atoms with Gasteiger partial charge in [-0.3, -0.25) is 14.4 Å². The van der Waals surface area contributed by atoms with E-state index in [-0.39, 0.29) is 27.7 Å². The van der Waals surface area contributed by atoms with Crippen molar-refractivity contribution in [1.82, 2.24) is 0 Å². The summed E-state index contributed by atoms with van der Waals surface area (Å²) in [5.74, 6) is -1.69. The van der Waals surface area contributed by atoms with Gasteiger partial charge in [0.25, 0.3) is 0 Å². The number of ketones is 2. The highest BCUT2D eigenvalue weighted by Gasteiger charge is 2.35. The lowest BCUT2D eigenvalue weighted by Crippen LogP contribution is -2.24. The molecule has 0 aromatic carbocycles. The molecule has 0 saturated carbocycles. The maximum absolute atomic E-state index is 12.1. The van der Waals surface area contributed by atoms with E-state index in [1.165, 1.54) is 28.3 Å². The summed E-state index contributed by atoms with van der Waals surface area (Å²) in [7, 11) is 3.82. The number of ether oxygens (including phenoxy) is 3. The van der Waals surface area contributed by atoms with Crippen molar-refractivity contribution in [1.29, 1.82) is 0 Å². The number of carbonyl (C=O) groups is 3. The van der Waals surface area contributed by atoms with Gasteiger partial charge in [-0.2, -0.15) is 0 Å². The van der Waals surface area contributed by atoms with E-state index in [9.17, 15) is 14.4 Å². The molecule has 0 fully saturated rings. The van der Waals surface area contributed by atoms with Gasteiger partial charge in [-0.15, -0.1) is 11.8 Å². The van der Waals surface area contributed by atoms with Gasteiger partial charge in [0.2, 0.25) is 23.1 Å². The summed E-state index contributed by atoms with van der Waals surface area (Å²) in [5.41, 5.74) is 0.233. The predicted octanol–water partition coefficient (Wildman–Crippen LogP) is 0.823. The molecule has 0 aromatic heterocycles. The molecule has 1 rings (SSSR count). The van der Waals surface area contributed by atoms with E-state index in [1.54, 1.807) is 0 Å². The van der Waals surface area contributed by atoms with E-state index in [0.717, 1.165) is 11.8 Å². The van der Waals surface area contributed by atoms with Crippen molar-refractivity contribution >= 4 is 29.3 Å². The fourth-order valence-corrected chi connectivity index (χ4v) is 2.40. The fourth-order valence-electron chi connectivity index (χ4n) is 1.49. The molecule has 104 valence electrons. The Hall–Kier alpha value is -1.76. The summed E-state index contributed by atoms with van der Waals surface area (Å²) in [6.07, 6.45) is 0. The first-order chi connectivity index (χ1) is 8.97. The van der Waals surface area contributed by atoms with Gasteiger partial charge in [0.05, 0.1) is 32.0 Å². The number of hydrogen-bond donors (Lipinski definition) is 0. The van der Waals surface area contributed by atoms with Crippen LogP contribution < -0.4 is 0 Å². The molecule has 0 aliphatic heterocycles. The van der Waals surface area contributed by atoms with Crippen LogP contribution in [0.1, 0.15) is 6.92 Å². The highest BCUT2D eigenvalue weighted by molar-refractivity contribution is 8.04. The van der Waals surface area contributed by atoms with Gasteiger partial charge in [0.15, 0.2) is 0 Å². The van der Waals surface area contributed by atoms with Crippen molar-refractivity contribution in [3.05, 3.63) is 22.0 Å². The average Bonchev–Trinajstić information content (AvgIpc) is 2.41. The summed E-state index contributed by atoms with van der Waals surface area (Å²) in [5, 5.41) is 0. The molecule has 1 aliphatic carbocycles. The number of thioether (sulfide) groups is 1. The second-order valence-electron chi connectivity index (χ2n) is 3.54. The Bertz CT molecular complexity index is 488. The first kappa shape index (κ1) is 15.3. The third kappa shape index (κ3) is 2.98. The second-order valence-corrected chi connectivity index (χ2v) is 4.53. The Morgan fingerprint density at radius 3 is 2.05 bits per heavy atom. The Balaban J connectivity index is 3.06. The summed E-state index contributed by atoms with van der Waals surface area (Å²) in [4.78, 5) is 35.4. The van der Waals surface area contributed by atoms with Crippen molar-refractivity contribution in [2.24, 2.45) is 0 Å². The van der Waals surface area contributed by atoms with E-state index in [4.69, 9.17) is 9.47 Å². The van der Waals surface area contributed by atoms with Crippen LogP contribution in [0, 0.1) is 0 Å². The van der Waals surface area contributed by atoms with E-state index in [1.807, 2.05) is 0 Å². The maximum atomic E-state index is 12.1. The first-order valence-corrected chi connectivity index (χ1v) is 6.28. The molecule has 19 heavy (non-hydrogen) atoms. The van der Waals surface area contributed by atoms with Crippen LogP contribution in [0.5, 0.6) is 0 Å². The topological polar surface area (TPSA) is 78.9 Å². The van der Waals surface area contributed by atoms with E-state index in [0.29, 0.717) is 0 Å². The average molecular weight is 286 g/mol. The van der Waals surface area contributed by atoms with Gasteiger partial charge in [0.1, 0.15) is 0 Å². The van der Waals surface area contributed by atoms with Crippen molar-refractivity contribution in [3.8, 4) is 0 Å². The molecule has 0 bridgehead atoms. The molecule has 0 spiro atoms. The molecule has 7 heteroatoms. The smallest absolute Gasteiger partial charge is 0.315 e. The third-order valence-electron chi connectivity index (χ3n) is 2.48. The lowest BCUT2D eigenvalue weighted by atomic mass is 10.0. The lowest BCUT2D eigenvalue weighted by molar-refractivity contribution is -0.137. The Kier molecular flexibility index (Phi) is 5.17. The number of rotatable bonds is 5. The molecule has 0 saturated heterocycles. The van der Waals surface area contributed by atoms with Crippen LogP contribution in [0.15, 0.2) is 22.0 Å². The summed E-state index contributed by atoms with van der Waals surface area (Å²) in [6.45, 7) is 1.51. The summed E-state index contributed by atoms with van der Waals surface area (Å²) in [6, 6.07) is 0. The monoisotopic (exact) mass is 286 g/mol. The summed E-state index contributed by atoms with van der Waals surface area (Å²) < 4.78 is 14.3. The molecular formula is C12H14O6S. The van der Waals surface area contributed by atoms with Crippen molar-refractivity contribution < 1.29 is 28.6 Å². The second kappa shape index (κ2) is 6.42. The Morgan fingerprint density at radius 1 is 1.05 bits per heavy atom. The van der Waals surface area contributed by atoms with Crippen molar-refractivity contribution in [3.63, 3.8) is 0 Å². The highest BCUT2D eigenvalue weighted by atomic mass is 32.2. The Labute approximate surface area is 114 Å². The predicted molar refractivity (Wildman–Crippen MR) is 68.2 cm³/mol. The standard InChI is InChI=1S/C12H14O6S/c1-6-8(14)10(17-3)11(18-4)9(15)12(6)19-5-7(13)16-2/h5H2,1-4H3. The zero-order valence-electron chi connectivity index (χ0n) is 11.1. The molecule has 0 N–H and O–H groups in total. The normalized spacial score (nSPS) is 15.8. The maximum Gasteiger partial charge on any atom is 0.315 e. The number of hydrogen-bond acceptors (Lipinski definition) is 7. The molecule has 6 nitrogen and oxygen atoms in total. The van der Waals surface area contributed by atoms with Gasteiger partial charge in [-0.05, 0) is 6.92 Å². The molecule has 0 atom stereocenters. The SMILES string of the molecule is COC(=O)CSC1=C(C)C(=O)C(OC)=C(OC)C1=O. The third-order valence-corrected chi connectivity index (χ3v) is 3.64. The van der Waals surface area contributed by atoms with Gasteiger partial charge in [-0.1, -0.05) is 0 Å². The van der Waals surface area contributed by atoms with Crippen LogP contribution in [0.2, 0.25) is 0 Å². The lowest BCUT2D eigenvalue weighted by Gasteiger charge is -2.19. The van der Waals surface area contributed by atoms with Crippen LogP contribution >= 0.6 is 11.8 Å². The number of methoxy groups -OCH3 is 3. The molecule has 0 radical (unpaired) electrons. The quantitative estimate of drug-likeness (QED) is 0.547. The van der Waals surface area contributed by atoms with Gasteiger partial charge < -0.3 is 14.2 Å². The molecule has 0 amide bonds. The number of allylic oxidation sites excluding steroid dienone is 2. The number of carbonyl (C=O) groups excluding carboxylic acids is 3. The number of esters is 1. The van der Waals surface area contributed by atoms with Crippen LogP contribution in [0.4, 0.5) is 0 Å². The fraction of sp³-hybridized carbons (Fsp3) is 0.417. The minimum atomic E-state index is -0.481. The summed E-state index contributed by atoms with van der Waals surface area (Å²) >= 11 is 0.947. The molecule has 0 heterocycles. The van der Waals surface area contributed by atoms with Crippen LogP contribution in [-0.4, -0.2) is 44.6 Å². The largest absolute Gasteiger partial charge is 0.489 e. The highest BCUT2D eigenvalue weighted by Crippen LogP contribution is 2.32. The van der Waals surface area contributed by atoms with Crippen molar-refractivity contribution in [2.45, 2.75) is 6.92 Å². The van der Waals surface area contributed by atoms with Crippen LogP contribution in [0.25, 0.3) is 0 Å². The van der Waals surface area contributed by atoms with E-state index in [2.05, 4.69) is 4.74 Å². The first-order valence-electron chi connectivity index (χ1n) is 5.30. The van der Waals surface area contributed by atoms with Crippen LogP contribution in [0.3, 0.4) is 0 Å². The minimum absolute atomic E-state index is 0.0541. The Morgan fingerprint density at radius 2 is 1.58 bits per heavy atom. The minimum Gasteiger partial charge on any atom is -0.489 e. The van der Waals surface area contributed by atoms with E-state index < -0.39 is 17.5 Å². The zero-order chi connectivity index (χ0) is 14.6. The number of Topliss-reactive ketones (excluding diaryl/α,β-unsaturated/α-hetero) is 2. The molecular weight excluding hydrogens is 272 g/mol.